The Morgan fingerprint density at radius 1 is 0.812 bits per heavy atom. The molecule has 1 aliphatic carbocycles. The van der Waals surface area contributed by atoms with Gasteiger partial charge in [-0.2, -0.15) is 0 Å². The molecule has 3 aromatic carbocycles. The average molecular weight is 444 g/mol. The van der Waals surface area contributed by atoms with Gasteiger partial charge in [0.05, 0.1) is 0 Å². The molecule has 0 nitrogen and oxygen atoms in total. The van der Waals surface area contributed by atoms with Gasteiger partial charge >= 0.3 is 0 Å². The number of hydrogen-bond donors (Lipinski definition) is 0. The van der Waals surface area contributed by atoms with E-state index in [1.54, 1.807) is 12.1 Å². The lowest BCUT2D eigenvalue weighted by Crippen LogP contribution is -2.16. The maximum atomic E-state index is 15.2. The summed E-state index contributed by atoms with van der Waals surface area (Å²) in [6, 6.07) is 10.2. The van der Waals surface area contributed by atoms with Gasteiger partial charge in [-0.05, 0) is 84.0 Å². The third kappa shape index (κ3) is 4.43. The quantitative estimate of drug-likeness (QED) is 0.205. The van der Waals surface area contributed by atoms with Gasteiger partial charge in [0.2, 0.25) is 0 Å². The van der Waals surface area contributed by atoms with Gasteiger partial charge in [0.1, 0.15) is 11.6 Å². The Labute approximate surface area is 185 Å². The minimum Gasteiger partial charge on any atom is -0.207 e. The standard InChI is InChI=1S/C27H25F5/c1-2-3-4-5-16-6-9-20(23(28)12-16)17-7-10-21-18(13-17)8-11-22(26(21)31)19-14-24(29)27(32)25(30)15-19/h6,8-9,11-12,14-15,17H,2-5,7,10,13H2,1H3. The Bertz CT molecular complexity index is 1110. The van der Waals surface area contributed by atoms with E-state index in [0.717, 1.165) is 48.9 Å². The van der Waals surface area contributed by atoms with Crippen LogP contribution in [0, 0.1) is 29.1 Å². The average Bonchev–Trinajstić information content (AvgIpc) is 2.77. The van der Waals surface area contributed by atoms with E-state index in [-0.39, 0.29) is 22.9 Å². The Hall–Kier alpha value is -2.69. The van der Waals surface area contributed by atoms with Crippen molar-refractivity contribution >= 4 is 0 Å². The second kappa shape index (κ2) is 9.43. The molecule has 1 unspecified atom stereocenters. The van der Waals surface area contributed by atoms with Crippen molar-refractivity contribution in [3.8, 4) is 11.1 Å². The molecule has 1 aliphatic rings. The zero-order valence-electron chi connectivity index (χ0n) is 18.0. The summed E-state index contributed by atoms with van der Waals surface area (Å²) in [4.78, 5) is 0. The normalized spacial score (nSPS) is 15.6. The van der Waals surface area contributed by atoms with Gasteiger partial charge in [0.15, 0.2) is 17.5 Å². The zero-order chi connectivity index (χ0) is 22.8. The van der Waals surface area contributed by atoms with E-state index in [1.165, 1.54) is 6.07 Å². The zero-order valence-corrected chi connectivity index (χ0v) is 18.0. The van der Waals surface area contributed by atoms with E-state index >= 15 is 4.39 Å². The van der Waals surface area contributed by atoms with E-state index in [9.17, 15) is 17.6 Å². The molecule has 0 N–H and O–H groups in total. The van der Waals surface area contributed by atoms with Crippen molar-refractivity contribution in [2.75, 3.05) is 0 Å². The number of unbranched alkanes of at least 4 members (excludes halogenated alkanes) is 2. The van der Waals surface area contributed by atoms with E-state index in [2.05, 4.69) is 6.92 Å². The van der Waals surface area contributed by atoms with Gasteiger partial charge in [-0.3, -0.25) is 0 Å². The number of benzene rings is 3. The van der Waals surface area contributed by atoms with Crippen LogP contribution in [0.25, 0.3) is 11.1 Å². The van der Waals surface area contributed by atoms with E-state index in [4.69, 9.17) is 0 Å². The smallest absolute Gasteiger partial charge is 0.194 e. The lowest BCUT2D eigenvalue weighted by Gasteiger charge is -2.26. The molecule has 5 heteroatoms. The van der Waals surface area contributed by atoms with Gasteiger partial charge in [0, 0.05) is 5.56 Å². The van der Waals surface area contributed by atoms with Crippen LogP contribution in [0.4, 0.5) is 22.0 Å². The van der Waals surface area contributed by atoms with Crippen LogP contribution in [0.2, 0.25) is 0 Å². The fourth-order valence-corrected chi connectivity index (χ4v) is 4.64. The highest BCUT2D eigenvalue weighted by atomic mass is 19.2. The first-order valence-electron chi connectivity index (χ1n) is 11.1. The molecule has 0 spiro atoms. The number of halogens is 5. The maximum absolute atomic E-state index is 15.2. The van der Waals surface area contributed by atoms with Gasteiger partial charge in [-0.1, -0.05) is 44.0 Å². The summed E-state index contributed by atoms with van der Waals surface area (Å²) in [6.07, 6.45) is 5.59. The third-order valence-corrected chi connectivity index (χ3v) is 6.42. The molecule has 4 rings (SSSR count). The van der Waals surface area contributed by atoms with Crippen molar-refractivity contribution in [3.63, 3.8) is 0 Å². The second-order valence-electron chi connectivity index (χ2n) is 8.57. The van der Waals surface area contributed by atoms with E-state index < -0.39 is 23.3 Å². The highest BCUT2D eigenvalue weighted by Gasteiger charge is 2.26. The molecule has 168 valence electrons. The third-order valence-electron chi connectivity index (χ3n) is 6.42. The number of aryl methyl sites for hydroxylation is 1. The molecular formula is C27H25F5. The van der Waals surface area contributed by atoms with E-state index in [0.29, 0.717) is 30.4 Å². The van der Waals surface area contributed by atoms with Crippen molar-refractivity contribution in [2.24, 2.45) is 0 Å². The molecule has 3 aromatic rings. The van der Waals surface area contributed by atoms with Crippen LogP contribution in [-0.2, 0) is 19.3 Å². The molecule has 0 fully saturated rings. The first-order valence-corrected chi connectivity index (χ1v) is 11.1. The minimum atomic E-state index is -1.58. The van der Waals surface area contributed by atoms with Crippen LogP contribution < -0.4 is 0 Å². The van der Waals surface area contributed by atoms with Gasteiger partial charge < -0.3 is 0 Å². The largest absolute Gasteiger partial charge is 0.207 e. The summed E-state index contributed by atoms with van der Waals surface area (Å²) < 4.78 is 70.5. The first kappa shape index (κ1) is 22.5. The number of hydrogen-bond acceptors (Lipinski definition) is 0. The second-order valence-corrected chi connectivity index (χ2v) is 8.57. The summed E-state index contributed by atoms with van der Waals surface area (Å²) >= 11 is 0. The lowest BCUT2D eigenvalue weighted by molar-refractivity contribution is 0.447. The fraction of sp³-hybridized carbons (Fsp3) is 0.333. The van der Waals surface area contributed by atoms with E-state index in [1.807, 2.05) is 12.1 Å². The summed E-state index contributed by atoms with van der Waals surface area (Å²) in [6.45, 7) is 2.13. The molecule has 0 aliphatic heterocycles. The molecule has 0 aromatic heterocycles. The van der Waals surface area contributed by atoms with Crippen molar-refractivity contribution in [1.82, 2.24) is 0 Å². The first-order chi connectivity index (χ1) is 15.4. The summed E-state index contributed by atoms with van der Waals surface area (Å²) in [5, 5.41) is 0. The van der Waals surface area contributed by atoms with Gasteiger partial charge in [-0.15, -0.1) is 0 Å². The Morgan fingerprint density at radius 3 is 2.25 bits per heavy atom. The minimum absolute atomic E-state index is 0.0302. The van der Waals surface area contributed by atoms with Crippen LogP contribution >= 0.6 is 0 Å². The van der Waals surface area contributed by atoms with Crippen LogP contribution in [-0.4, -0.2) is 0 Å². The highest BCUT2D eigenvalue weighted by molar-refractivity contribution is 5.66. The molecule has 1 atom stereocenters. The van der Waals surface area contributed by atoms with Crippen molar-refractivity contribution in [3.05, 3.63) is 93.8 Å². The molecule has 0 saturated carbocycles. The lowest BCUT2D eigenvalue weighted by atomic mass is 9.78. The fourth-order valence-electron chi connectivity index (χ4n) is 4.64. The predicted molar refractivity (Wildman–Crippen MR) is 116 cm³/mol. The van der Waals surface area contributed by atoms with Crippen LogP contribution in [0.1, 0.15) is 60.8 Å². The molecule has 0 amide bonds. The number of rotatable bonds is 6. The predicted octanol–water partition coefficient (Wildman–Crippen LogP) is 8.05. The molecule has 0 heterocycles. The molecular weight excluding hydrogens is 419 g/mol. The van der Waals surface area contributed by atoms with Crippen molar-refractivity contribution < 1.29 is 22.0 Å². The monoisotopic (exact) mass is 444 g/mol. The Balaban J connectivity index is 1.57. The number of fused-ring (bicyclic) bond motifs is 1. The Morgan fingerprint density at radius 2 is 1.56 bits per heavy atom. The molecule has 0 saturated heterocycles. The Kier molecular flexibility index (Phi) is 6.63. The van der Waals surface area contributed by atoms with Crippen LogP contribution in [0.15, 0.2) is 42.5 Å². The molecule has 32 heavy (non-hydrogen) atoms. The van der Waals surface area contributed by atoms with Crippen LogP contribution in [0.3, 0.4) is 0 Å². The SMILES string of the molecule is CCCCCc1ccc(C2CCc3c(ccc(-c4cc(F)c(F)c(F)c4)c3F)C2)c(F)c1. The van der Waals surface area contributed by atoms with Gasteiger partial charge in [0.25, 0.3) is 0 Å². The molecule has 0 radical (unpaired) electrons. The topological polar surface area (TPSA) is 0 Å². The molecule has 0 bridgehead atoms. The maximum Gasteiger partial charge on any atom is 0.194 e. The summed E-state index contributed by atoms with van der Waals surface area (Å²) in [5.74, 6) is -5.12. The summed E-state index contributed by atoms with van der Waals surface area (Å²) in [5.41, 5.74) is 2.85. The van der Waals surface area contributed by atoms with Crippen molar-refractivity contribution in [1.29, 1.82) is 0 Å². The van der Waals surface area contributed by atoms with Crippen LogP contribution in [0.5, 0.6) is 0 Å². The summed E-state index contributed by atoms with van der Waals surface area (Å²) in [7, 11) is 0. The highest BCUT2D eigenvalue weighted by Crippen LogP contribution is 2.38. The van der Waals surface area contributed by atoms with Gasteiger partial charge in [-0.25, -0.2) is 22.0 Å². The van der Waals surface area contributed by atoms with Crippen molar-refractivity contribution in [2.45, 2.75) is 57.8 Å².